The minimum absolute atomic E-state index is 0.0214. The average molecular weight is 270 g/mol. The summed E-state index contributed by atoms with van der Waals surface area (Å²) in [6.07, 6.45) is 0.228. The number of esters is 1. The maximum atomic E-state index is 12.0. The van der Waals surface area contributed by atoms with Crippen molar-refractivity contribution in [2.75, 3.05) is 20.2 Å². The highest BCUT2D eigenvalue weighted by molar-refractivity contribution is 6.30. The van der Waals surface area contributed by atoms with Gasteiger partial charge in [-0.1, -0.05) is 23.7 Å². The van der Waals surface area contributed by atoms with E-state index in [2.05, 4.69) is 4.74 Å². The molecule has 0 aliphatic rings. The van der Waals surface area contributed by atoms with Gasteiger partial charge in [-0.2, -0.15) is 0 Å². The first kappa shape index (κ1) is 14.5. The van der Waals surface area contributed by atoms with E-state index in [-0.39, 0.29) is 18.9 Å². The van der Waals surface area contributed by atoms with Crippen molar-refractivity contribution in [1.82, 2.24) is 4.90 Å². The highest BCUT2D eigenvalue weighted by atomic mass is 35.5. The van der Waals surface area contributed by atoms with Gasteiger partial charge >= 0.3 is 5.97 Å². The molecule has 0 aliphatic heterocycles. The van der Waals surface area contributed by atoms with Crippen LogP contribution in [0.1, 0.15) is 12.5 Å². The molecule has 1 aromatic rings. The van der Waals surface area contributed by atoms with Gasteiger partial charge < -0.3 is 9.64 Å². The fourth-order valence-corrected chi connectivity index (χ4v) is 1.74. The van der Waals surface area contributed by atoms with Crippen molar-refractivity contribution in [3.8, 4) is 0 Å². The topological polar surface area (TPSA) is 46.6 Å². The minimum Gasteiger partial charge on any atom is -0.468 e. The Labute approximate surface area is 111 Å². The Kier molecular flexibility index (Phi) is 5.65. The molecule has 0 unspecified atom stereocenters. The van der Waals surface area contributed by atoms with Crippen LogP contribution in [0.3, 0.4) is 0 Å². The van der Waals surface area contributed by atoms with Crippen LogP contribution in [0.15, 0.2) is 24.3 Å². The maximum Gasteiger partial charge on any atom is 0.325 e. The third kappa shape index (κ3) is 4.37. The summed E-state index contributed by atoms with van der Waals surface area (Å²) in [7, 11) is 1.30. The fourth-order valence-electron chi connectivity index (χ4n) is 1.53. The Morgan fingerprint density at radius 2 is 2.11 bits per heavy atom. The predicted molar refractivity (Wildman–Crippen MR) is 69.4 cm³/mol. The van der Waals surface area contributed by atoms with E-state index in [1.165, 1.54) is 12.0 Å². The van der Waals surface area contributed by atoms with Gasteiger partial charge in [-0.15, -0.1) is 0 Å². The number of carbonyl (C=O) groups excluding carboxylic acids is 2. The van der Waals surface area contributed by atoms with Gasteiger partial charge in [-0.25, -0.2) is 0 Å². The first-order valence-corrected chi connectivity index (χ1v) is 6.03. The smallest absolute Gasteiger partial charge is 0.325 e. The van der Waals surface area contributed by atoms with Gasteiger partial charge in [0.25, 0.3) is 0 Å². The quantitative estimate of drug-likeness (QED) is 0.767. The van der Waals surface area contributed by atoms with E-state index in [0.29, 0.717) is 11.6 Å². The number of carbonyl (C=O) groups is 2. The number of likely N-dealkylation sites (N-methyl/N-ethyl adjacent to an activating group) is 1. The van der Waals surface area contributed by atoms with Gasteiger partial charge in [0.15, 0.2) is 0 Å². The first-order valence-electron chi connectivity index (χ1n) is 5.65. The van der Waals surface area contributed by atoms with Crippen LogP contribution in [-0.2, 0) is 20.7 Å². The molecule has 98 valence electrons. The molecular weight excluding hydrogens is 254 g/mol. The van der Waals surface area contributed by atoms with E-state index in [4.69, 9.17) is 11.6 Å². The third-order valence-corrected chi connectivity index (χ3v) is 2.76. The van der Waals surface area contributed by atoms with Crippen molar-refractivity contribution in [3.05, 3.63) is 34.9 Å². The average Bonchev–Trinajstić information content (AvgIpc) is 2.35. The Bertz CT molecular complexity index is 434. The van der Waals surface area contributed by atoms with Gasteiger partial charge in [-0.05, 0) is 24.6 Å². The molecule has 0 spiro atoms. The Morgan fingerprint density at radius 1 is 1.39 bits per heavy atom. The van der Waals surface area contributed by atoms with Crippen LogP contribution in [0.25, 0.3) is 0 Å². The van der Waals surface area contributed by atoms with E-state index < -0.39 is 5.97 Å². The van der Waals surface area contributed by atoms with Crippen molar-refractivity contribution in [2.24, 2.45) is 0 Å². The summed E-state index contributed by atoms with van der Waals surface area (Å²) in [5, 5.41) is 0.594. The molecule has 4 nitrogen and oxygen atoms in total. The van der Waals surface area contributed by atoms with Gasteiger partial charge in [0.1, 0.15) is 6.54 Å². The number of rotatable bonds is 5. The summed E-state index contributed by atoms with van der Waals surface area (Å²) in [6.45, 7) is 2.26. The number of ether oxygens (including phenoxy) is 1. The first-order chi connectivity index (χ1) is 8.56. The third-order valence-electron chi connectivity index (χ3n) is 2.53. The molecule has 0 fully saturated rings. The lowest BCUT2D eigenvalue weighted by Crippen LogP contribution is -2.37. The zero-order valence-corrected chi connectivity index (χ0v) is 11.2. The van der Waals surface area contributed by atoms with E-state index in [0.717, 1.165) is 5.56 Å². The molecule has 5 heteroatoms. The zero-order valence-electron chi connectivity index (χ0n) is 10.5. The van der Waals surface area contributed by atoms with Crippen LogP contribution >= 0.6 is 11.6 Å². The molecule has 18 heavy (non-hydrogen) atoms. The second-order valence-corrected chi connectivity index (χ2v) is 4.23. The number of amides is 1. The maximum absolute atomic E-state index is 12.0. The summed E-state index contributed by atoms with van der Waals surface area (Å²) in [5.74, 6) is -0.540. The second kappa shape index (κ2) is 7.01. The SMILES string of the molecule is CCN(CC(=O)OC)C(=O)Cc1cccc(Cl)c1. The highest BCUT2D eigenvalue weighted by Crippen LogP contribution is 2.12. The van der Waals surface area contributed by atoms with Crippen LogP contribution in [-0.4, -0.2) is 37.0 Å². The van der Waals surface area contributed by atoms with Crippen LogP contribution < -0.4 is 0 Å². The standard InChI is InChI=1S/C13H16ClNO3/c1-3-15(9-13(17)18-2)12(16)8-10-5-4-6-11(14)7-10/h4-7H,3,8-9H2,1-2H3. The molecule has 0 aliphatic carbocycles. The van der Waals surface area contributed by atoms with E-state index in [1.807, 2.05) is 13.0 Å². The predicted octanol–water partition coefficient (Wildman–Crippen LogP) is 1.90. The molecule has 0 heterocycles. The van der Waals surface area contributed by atoms with Gasteiger partial charge in [-0.3, -0.25) is 9.59 Å². The van der Waals surface area contributed by atoms with Crippen molar-refractivity contribution in [3.63, 3.8) is 0 Å². The summed E-state index contributed by atoms with van der Waals surface area (Å²) in [6, 6.07) is 7.12. The van der Waals surface area contributed by atoms with E-state index in [9.17, 15) is 9.59 Å². The summed E-state index contributed by atoms with van der Waals surface area (Å²) >= 11 is 5.85. The molecule has 0 aromatic heterocycles. The number of hydrogen-bond acceptors (Lipinski definition) is 3. The largest absolute Gasteiger partial charge is 0.468 e. The lowest BCUT2D eigenvalue weighted by molar-refractivity contribution is -0.146. The molecule has 0 saturated heterocycles. The van der Waals surface area contributed by atoms with Crippen LogP contribution in [0.4, 0.5) is 0 Å². The molecule has 1 rings (SSSR count). The normalized spacial score (nSPS) is 9.94. The number of nitrogens with zero attached hydrogens (tertiary/aromatic N) is 1. The number of benzene rings is 1. The molecule has 1 aromatic carbocycles. The number of hydrogen-bond donors (Lipinski definition) is 0. The summed E-state index contributed by atoms with van der Waals surface area (Å²) < 4.78 is 4.55. The molecule has 0 bridgehead atoms. The molecule has 0 atom stereocenters. The van der Waals surface area contributed by atoms with E-state index >= 15 is 0 Å². The van der Waals surface area contributed by atoms with Crippen LogP contribution in [0.2, 0.25) is 5.02 Å². The molecule has 0 radical (unpaired) electrons. The molecule has 0 saturated carbocycles. The second-order valence-electron chi connectivity index (χ2n) is 3.79. The van der Waals surface area contributed by atoms with Crippen molar-refractivity contribution >= 4 is 23.5 Å². The highest BCUT2D eigenvalue weighted by Gasteiger charge is 2.16. The van der Waals surface area contributed by atoms with Crippen LogP contribution in [0.5, 0.6) is 0 Å². The minimum atomic E-state index is -0.420. The van der Waals surface area contributed by atoms with Crippen molar-refractivity contribution in [1.29, 1.82) is 0 Å². The lowest BCUT2D eigenvalue weighted by Gasteiger charge is -2.19. The van der Waals surface area contributed by atoms with E-state index in [1.54, 1.807) is 18.2 Å². The Balaban J connectivity index is 2.65. The Hall–Kier alpha value is -1.55. The Morgan fingerprint density at radius 3 is 2.67 bits per heavy atom. The monoisotopic (exact) mass is 269 g/mol. The van der Waals surface area contributed by atoms with Crippen molar-refractivity contribution < 1.29 is 14.3 Å². The lowest BCUT2D eigenvalue weighted by atomic mass is 10.1. The van der Waals surface area contributed by atoms with Gasteiger partial charge in [0, 0.05) is 11.6 Å². The number of methoxy groups -OCH3 is 1. The van der Waals surface area contributed by atoms with Gasteiger partial charge in [0.05, 0.1) is 13.5 Å². The summed E-state index contributed by atoms with van der Waals surface area (Å²) in [4.78, 5) is 24.6. The molecule has 0 N–H and O–H groups in total. The zero-order chi connectivity index (χ0) is 13.5. The molecular formula is C13H16ClNO3. The summed E-state index contributed by atoms with van der Waals surface area (Å²) in [5.41, 5.74) is 0.829. The molecule has 1 amide bonds. The van der Waals surface area contributed by atoms with Gasteiger partial charge in [0.2, 0.25) is 5.91 Å². The fraction of sp³-hybridized carbons (Fsp3) is 0.385. The van der Waals surface area contributed by atoms with Crippen LogP contribution in [0, 0.1) is 0 Å². The van der Waals surface area contributed by atoms with Crippen molar-refractivity contribution in [2.45, 2.75) is 13.3 Å². The number of halogens is 1.